The van der Waals surface area contributed by atoms with Crippen molar-refractivity contribution in [2.75, 3.05) is 26.2 Å². The molecule has 0 N–H and O–H groups in total. The number of rotatable bonds is 3. The topological polar surface area (TPSA) is 49.9 Å². The molecule has 1 aromatic heterocycles. The van der Waals surface area contributed by atoms with E-state index in [0.29, 0.717) is 18.9 Å². The molecule has 1 fully saturated rings. The van der Waals surface area contributed by atoms with Crippen LogP contribution in [0.3, 0.4) is 0 Å². The second kappa shape index (κ2) is 7.78. The number of likely N-dealkylation sites (tertiary alicyclic amines) is 1. The number of benzene rings is 1. The summed E-state index contributed by atoms with van der Waals surface area (Å²) in [5, 5.41) is 4.32. The highest BCUT2D eigenvalue weighted by Crippen LogP contribution is 2.40. The van der Waals surface area contributed by atoms with Crippen LogP contribution in [0, 0.1) is 5.41 Å². The van der Waals surface area contributed by atoms with E-state index < -0.39 is 10.0 Å². The third kappa shape index (κ3) is 3.85. The van der Waals surface area contributed by atoms with Crippen molar-refractivity contribution < 1.29 is 13.2 Å². The van der Waals surface area contributed by atoms with Crippen LogP contribution in [0.15, 0.2) is 46.0 Å². The first-order valence-electron chi connectivity index (χ1n) is 9.87. The van der Waals surface area contributed by atoms with Gasteiger partial charge in [0.05, 0.1) is 6.61 Å². The Labute approximate surface area is 172 Å². The monoisotopic (exact) mass is 420 g/mol. The summed E-state index contributed by atoms with van der Waals surface area (Å²) in [6.45, 7) is 7.90. The summed E-state index contributed by atoms with van der Waals surface area (Å²) in [5.41, 5.74) is 1.21. The van der Waals surface area contributed by atoms with E-state index in [0.717, 1.165) is 32.5 Å². The number of piperidine rings is 1. The number of fused-ring (bicyclic) bond motifs is 1. The Morgan fingerprint density at radius 3 is 2.61 bits per heavy atom. The first kappa shape index (κ1) is 19.9. The highest BCUT2D eigenvalue weighted by Gasteiger charge is 2.43. The maximum Gasteiger partial charge on any atom is 0.247 e. The van der Waals surface area contributed by atoms with Crippen LogP contribution in [0.4, 0.5) is 0 Å². The molecule has 1 saturated heterocycles. The summed E-state index contributed by atoms with van der Waals surface area (Å²) < 4.78 is 34.5. The van der Waals surface area contributed by atoms with E-state index in [1.165, 1.54) is 5.56 Å². The highest BCUT2D eigenvalue weighted by atomic mass is 32.2. The molecule has 2 aliphatic heterocycles. The van der Waals surface area contributed by atoms with Gasteiger partial charge in [-0.3, -0.25) is 4.90 Å². The van der Waals surface area contributed by atoms with Crippen LogP contribution in [0.5, 0.6) is 5.75 Å². The van der Waals surface area contributed by atoms with Crippen molar-refractivity contribution in [3.05, 3.63) is 46.7 Å². The number of hydrogen-bond donors (Lipinski definition) is 0. The lowest BCUT2D eigenvalue weighted by molar-refractivity contribution is 0.0283. The predicted octanol–water partition coefficient (Wildman–Crippen LogP) is 3.82. The van der Waals surface area contributed by atoms with Crippen molar-refractivity contribution in [3.63, 3.8) is 0 Å². The quantitative estimate of drug-likeness (QED) is 0.757. The smallest absolute Gasteiger partial charge is 0.247 e. The van der Waals surface area contributed by atoms with Gasteiger partial charge in [0.15, 0.2) is 0 Å². The maximum absolute atomic E-state index is 13.4. The van der Waals surface area contributed by atoms with E-state index >= 15 is 0 Å². The normalized spacial score (nSPS) is 22.4. The summed E-state index contributed by atoms with van der Waals surface area (Å²) in [5.74, 6) is 0.480. The standard InChI is InChI=1S/C21H28N2O3S2/c1-17(2)23-15-21(8-10-22(11-9-21)13-18-7-12-27-14-18)16-26-19-5-3-4-6-20(19)28(23,24)25/h3-7,12,14,17H,8-11,13,15-16H2,1-2H3. The second-order valence-corrected chi connectivity index (χ2v) is 10.9. The molecule has 0 radical (unpaired) electrons. The van der Waals surface area contributed by atoms with E-state index in [4.69, 9.17) is 4.74 Å². The molecule has 0 atom stereocenters. The van der Waals surface area contributed by atoms with Gasteiger partial charge in [-0.1, -0.05) is 12.1 Å². The molecule has 2 aromatic rings. The Balaban J connectivity index is 1.58. The lowest BCUT2D eigenvalue weighted by Crippen LogP contribution is -2.52. The Bertz CT molecular complexity index is 901. The van der Waals surface area contributed by atoms with Gasteiger partial charge in [-0.05, 0) is 74.3 Å². The van der Waals surface area contributed by atoms with Gasteiger partial charge in [0.25, 0.3) is 0 Å². The first-order chi connectivity index (χ1) is 13.4. The van der Waals surface area contributed by atoms with Crippen LogP contribution in [-0.4, -0.2) is 49.9 Å². The predicted molar refractivity (Wildman–Crippen MR) is 112 cm³/mol. The van der Waals surface area contributed by atoms with Gasteiger partial charge in [0.1, 0.15) is 10.6 Å². The van der Waals surface area contributed by atoms with Crippen LogP contribution in [-0.2, 0) is 16.6 Å². The molecule has 3 heterocycles. The summed E-state index contributed by atoms with van der Waals surface area (Å²) in [6, 6.07) is 9.12. The molecule has 28 heavy (non-hydrogen) atoms. The van der Waals surface area contributed by atoms with Gasteiger partial charge in [-0.2, -0.15) is 15.6 Å². The molecule has 2 aliphatic rings. The first-order valence-corrected chi connectivity index (χ1v) is 12.3. The van der Waals surface area contributed by atoms with Crippen LogP contribution < -0.4 is 4.74 Å². The van der Waals surface area contributed by atoms with Gasteiger partial charge >= 0.3 is 0 Å². The number of para-hydroxylation sites is 1. The van der Waals surface area contributed by atoms with Crippen LogP contribution >= 0.6 is 11.3 Å². The summed E-state index contributed by atoms with van der Waals surface area (Å²) >= 11 is 1.73. The molecule has 1 spiro atoms. The number of hydrogen-bond acceptors (Lipinski definition) is 5. The molecule has 7 heteroatoms. The Morgan fingerprint density at radius 2 is 1.93 bits per heavy atom. The number of ether oxygens (including phenoxy) is 1. The van der Waals surface area contributed by atoms with Crippen LogP contribution in [0.25, 0.3) is 0 Å². The highest BCUT2D eigenvalue weighted by molar-refractivity contribution is 7.89. The third-order valence-electron chi connectivity index (χ3n) is 5.94. The van der Waals surface area contributed by atoms with Crippen LogP contribution in [0.2, 0.25) is 0 Å². The van der Waals surface area contributed by atoms with E-state index in [1.807, 2.05) is 19.9 Å². The van der Waals surface area contributed by atoms with Crippen molar-refractivity contribution in [1.29, 1.82) is 0 Å². The molecule has 152 valence electrons. The van der Waals surface area contributed by atoms with Crippen molar-refractivity contribution in [3.8, 4) is 5.75 Å². The molecule has 0 aliphatic carbocycles. The van der Waals surface area contributed by atoms with E-state index in [9.17, 15) is 8.42 Å². The van der Waals surface area contributed by atoms with Gasteiger partial charge in [-0.15, -0.1) is 0 Å². The van der Waals surface area contributed by atoms with Gasteiger partial charge in [-0.25, -0.2) is 8.42 Å². The summed E-state index contributed by atoms with van der Waals surface area (Å²) in [4.78, 5) is 2.75. The molecule has 1 aromatic carbocycles. The Hall–Kier alpha value is -1.41. The van der Waals surface area contributed by atoms with Crippen molar-refractivity contribution in [2.45, 2.75) is 44.2 Å². The average molecular weight is 421 g/mol. The zero-order valence-electron chi connectivity index (χ0n) is 16.5. The molecule has 0 bridgehead atoms. The van der Waals surface area contributed by atoms with Crippen LogP contribution in [0.1, 0.15) is 32.3 Å². The Kier molecular flexibility index (Phi) is 5.53. The number of thiophene rings is 1. The fraction of sp³-hybridized carbons (Fsp3) is 0.524. The van der Waals surface area contributed by atoms with E-state index in [2.05, 4.69) is 21.7 Å². The molecule has 0 saturated carbocycles. The maximum atomic E-state index is 13.4. The van der Waals surface area contributed by atoms with Crippen molar-refractivity contribution >= 4 is 21.4 Å². The Morgan fingerprint density at radius 1 is 1.18 bits per heavy atom. The van der Waals surface area contributed by atoms with Gasteiger partial charge in [0.2, 0.25) is 10.0 Å². The zero-order chi connectivity index (χ0) is 19.8. The summed E-state index contributed by atoms with van der Waals surface area (Å²) in [6.07, 6.45) is 1.89. The van der Waals surface area contributed by atoms with Gasteiger partial charge in [0, 0.05) is 24.5 Å². The summed E-state index contributed by atoms with van der Waals surface area (Å²) in [7, 11) is -3.58. The largest absolute Gasteiger partial charge is 0.492 e. The molecular weight excluding hydrogens is 392 g/mol. The lowest BCUT2D eigenvalue weighted by atomic mass is 9.78. The van der Waals surface area contributed by atoms with E-state index in [-0.39, 0.29) is 16.4 Å². The van der Waals surface area contributed by atoms with Gasteiger partial charge < -0.3 is 4.74 Å². The second-order valence-electron chi connectivity index (χ2n) is 8.29. The SMILES string of the molecule is CC(C)N1CC2(CCN(Cc3ccsc3)CC2)COc2ccccc2S1(=O)=O. The van der Waals surface area contributed by atoms with Crippen molar-refractivity contribution in [1.82, 2.24) is 9.21 Å². The number of nitrogens with zero attached hydrogens (tertiary/aromatic N) is 2. The minimum Gasteiger partial charge on any atom is -0.492 e. The molecular formula is C21H28N2O3S2. The average Bonchev–Trinajstić information content (AvgIpc) is 3.18. The zero-order valence-corrected chi connectivity index (χ0v) is 18.1. The molecule has 4 rings (SSSR count). The number of sulfonamides is 1. The molecule has 5 nitrogen and oxygen atoms in total. The minimum atomic E-state index is -3.58. The van der Waals surface area contributed by atoms with E-state index in [1.54, 1.807) is 33.8 Å². The fourth-order valence-electron chi connectivity index (χ4n) is 4.19. The molecule has 0 unspecified atom stereocenters. The molecule has 0 amide bonds. The third-order valence-corrected chi connectivity index (χ3v) is 8.73. The lowest BCUT2D eigenvalue weighted by Gasteiger charge is -2.45. The fourth-order valence-corrected chi connectivity index (χ4v) is 6.73. The van der Waals surface area contributed by atoms with Crippen molar-refractivity contribution in [2.24, 2.45) is 5.41 Å². The minimum absolute atomic E-state index is 0.0862.